The average Bonchev–Trinajstić information content (AvgIpc) is 3.09. The molecule has 0 aliphatic heterocycles. The minimum Gasteiger partial charge on any atom is -0.480 e. The Labute approximate surface area is 166 Å². The first-order valence-corrected chi connectivity index (χ1v) is 8.34. The van der Waals surface area contributed by atoms with Crippen LogP contribution in [0.4, 0.5) is 22.7 Å². The molecule has 0 fully saturated rings. The highest BCUT2D eigenvalue weighted by molar-refractivity contribution is 5.87. The molecule has 2 aromatic carbocycles. The minimum absolute atomic E-state index is 0.162. The van der Waals surface area contributed by atoms with Crippen molar-refractivity contribution in [1.82, 2.24) is 4.98 Å². The van der Waals surface area contributed by atoms with Crippen LogP contribution in [0.3, 0.4) is 0 Å². The fourth-order valence-corrected chi connectivity index (χ4v) is 3.03. The molecule has 13 nitrogen and oxygen atoms in total. The number of H-pyrrole nitrogens is 1. The van der Waals surface area contributed by atoms with E-state index >= 15 is 0 Å². The molecule has 0 saturated heterocycles. The second-order valence-corrected chi connectivity index (χ2v) is 6.23. The van der Waals surface area contributed by atoms with E-state index in [1.807, 2.05) is 0 Å². The Morgan fingerprint density at radius 1 is 1.03 bits per heavy atom. The zero-order chi connectivity index (χ0) is 22.0. The van der Waals surface area contributed by atoms with Crippen LogP contribution in [0.15, 0.2) is 42.6 Å². The largest absolute Gasteiger partial charge is 0.480 e. The molecule has 0 radical (unpaired) electrons. The average molecular weight is 415 g/mol. The Morgan fingerprint density at radius 3 is 2.17 bits per heavy atom. The van der Waals surface area contributed by atoms with Crippen LogP contribution in [-0.4, -0.2) is 36.9 Å². The first kappa shape index (κ1) is 20.2. The molecule has 30 heavy (non-hydrogen) atoms. The summed E-state index contributed by atoms with van der Waals surface area (Å²) in [6, 6.07) is 6.64. The summed E-state index contributed by atoms with van der Waals surface area (Å²) in [5, 5.41) is 46.4. The Kier molecular flexibility index (Phi) is 5.27. The summed E-state index contributed by atoms with van der Waals surface area (Å²) < 4.78 is 0. The van der Waals surface area contributed by atoms with Gasteiger partial charge >= 0.3 is 17.3 Å². The predicted molar refractivity (Wildman–Crippen MR) is 103 cm³/mol. The maximum atomic E-state index is 11.8. The van der Waals surface area contributed by atoms with E-state index in [4.69, 9.17) is 0 Å². The fourth-order valence-electron chi connectivity index (χ4n) is 3.03. The number of non-ortho nitro benzene ring substituents is 1. The van der Waals surface area contributed by atoms with Gasteiger partial charge in [0.1, 0.15) is 6.04 Å². The number of benzene rings is 2. The molecule has 0 aliphatic rings. The van der Waals surface area contributed by atoms with Crippen molar-refractivity contribution in [2.75, 3.05) is 5.32 Å². The number of carbonyl (C=O) groups is 1. The van der Waals surface area contributed by atoms with Crippen LogP contribution in [0, 0.1) is 30.3 Å². The van der Waals surface area contributed by atoms with Gasteiger partial charge in [-0.05, 0) is 11.6 Å². The van der Waals surface area contributed by atoms with E-state index in [0.29, 0.717) is 17.7 Å². The monoisotopic (exact) mass is 415 g/mol. The SMILES string of the molecule is O=C(O)[C@H](Cc1c[nH]c2ccccc12)Nc1c([N+](=O)[O-])cc([N+](=O)[O-])cc1[N+](=O)[O-]. The van der Waals surface area contributed by atoms with Gasteiger partial charge in [-0.2, -0.15) is 0 Å². The zero-order valence-electron chi connectivity index (χ0n) is 15.0. The number of para-hydroxylation sites is 1. The van der Waals surface area contributed by atoms with Gasteiger partial charge in [0, 0.05) is 23.5 Å². The lowest BCUT2D eigenvalue weighted by Gasteiger charge is -2.15. The molecule has 0 unspecified atom stereocenters. The molecular weight excluding hydrogens is 402 g/mol. The van der Waals surface area contributed by atoms with Crippen molar-refractivity contribution in [1.29, 1.82) is 0 Å². The number of nitro benzene ring substituents is 3. The third kappa shape index (κ3) is 3.84. The van der Waals surface area contributed by atoms with Crippen molar-refractivity contribution in [3.8, 4) is 0 Å². The molecule has 3 rings (SSSR count). The van der Waals surface area contributed by atoms with Gasteiger partial charge in [0.05, 0.1) is 26.9 Å². The number of hydrogen-bond donors (Lipinski definition) is 3. The molecular formula is C17H13N5O8. The molecule has 154 valence electrons. The van der Waals surface area contributed by atoms with Gasteiger partial charge < -0.3 is 15.4 Å². The van der Waals surface area contributed by atoms with E-state index in [1.165, 1.54) is 0 Å². The third-order valence-electron chi connectivity index (χ3n) is 4.40. The summed E-state index contributed by atoms with van der Waals surface area (Å²) in [5.41, 5.74) is -2.21. The van der Waals surface area contributed by atoms with E-state index in [-0.39, 0.29) is 6.42 Å². The topological polar surface area (TPSA) is 195 Å². The van der Waals surface area contributed by atoms with E-state index < -0.39 is 49.5 Å². The van der Waals surface area contributed by atoms with Crippen LogP contribution in [0.5, 0.6) is 0 Å². The van der Waals surface area contributed by atoms with Gasteiger partial charge in [0.15, 0.2) is 5.69 Å². The summed E-state index contributed by atoms with van der Waals surface area (Å²) >= 11 is 0. The second-order valence-electron chi connectivity index (χ2n) is 6.23. The summed E-state index contributed by atoms with van der Waals surface area (Å²) in [7, 11) is 0. The fraction of sp³-hybridized carbons (Fsp3) is 0.118. The van der Waals surface area contributed by atoms with Crippen LogP contribution < -0.4 is 5.32 Å². The molecule has 1 aromatic heterocycles. The number of hydrogen-bond acceptors (Lipinski definition) is 8. The lowest BCUT2D eigenvalue weighted by atomic mass is 10.0. The van der Waals surface area contributed by atoms with Crippen molar-refractivity contribution >= 4 is 39.6 Å². The first-order valence-electron chi connectivity index (χ1n) is 8.34. The summed E-state index contributed by atoms with van der Waals surface area (Å²) in [6.45, 7) is 0. The number of aromatic nitrogens is 1. The molecule has 3 aromatic rings. The Morgan fingerprint density at radius 2 is 1.63 bits per heavy atom. The highest BCUT2D eigenvalue weighted by Crippen LogP contribution is 2.39. The number of aliphatic carboxylic acids is 1. The van der Waals surface area contributed by atoms with E-state index in [1.54, 1.807) is 30.5 Å². The van der Waals surface area contributed by atoms with Crippen LogP contribution in [0.25, 0.3) is 10.9 Å². The smallest absolute Gasteiger partial charge is 0.326 e. The highest BCUT2D eigenvalue weighted by Gasteiger charge is 2.33. The van der Waals surface area contributed by atoms with Gasteiger partial charge in [0.2, 0.25) is 0 Å². The van der Waals surface area contributed by atoms with Crippen molar-refractivity contribution in [3.05, 3.63) is 78.5 Å². The molecule has 0 bridgehead atoms. The van der Waals surface area contributed by atoms with Gasteiger partial charge in [-0.15, -0.1) is 0 Å². The van der Waals surface area contributed by atoms with Crippen molar-refractivity contribution < 1.29 is 24.7 Å². The normalized spacial score (nSPS) is 11.7. The lowest BCUT2D eigenvalue weighted by Crippen LogP contribution is -2.32. The van der Waals surface area contributed by atoms with Crippen LogP contribution in [0.2, 0.25) is 0 Å². The van der Waals surface area contributed by atoms with E-state index in [9.17, 15) is 40.2 Å². The van der Waals surface area contributed by atoms with Crippen LogP contribution >= 0.6 is 0 Å². The summed E-state index contributed by atoms with van der Waals surface area (Å²) in [4.78, 5) is 45.4. The van der Waals surface area contributed by atoms with Gasteiger partial charge in [-0.25, -0.2) is 4.79 Å². The van der Waals surface area contributed by atoms with Gasteiger partial charge in [0.25, 0.3) is 5.69 Å². The molecule has 0 amide bonds. The van der Waals surface area contributed by atoms with Crippen molar-refractivity contribution in [2.24, 2.45) is 0 Å². The van der Waals surface area contributed by atoms with Crippen molar-refractivity contribution in [2.45, 2.75) is 12.5 Å². The summed E-state index contributed by atoms with van der Waals surface area (Å²) in [6.07, 6.45) is 1.41. The van der Waals surface area contributed by atoms with Gasteiger partial charge in [-0.3, -0.25) is 30.3 Å². The number of rotatable bonds is 8. The van der Waals surface area contributed by atoms with Crippen molar-refractivity contribution in [3.63, 3.8) is 0 Å². The first-order chi connectivity index (χ1) is 14.2. The zero-order valence-corrected chi connectivity index (χ0v) is 15.0. The number of aromatic amines is 1. The van der Waals surface area contributed by atoms with E-state index in [2.05, 4.69) is 10.3 Å². The number of nitro groups is 3. The summed E-state index contributed by atoms with van der Waals surface area (Å²) in [5.74, 6) is -1.41. The maximum Gasteiger partial charge on any atom is 0.326 e. The molecule has 13 heteroatoms. The number of nitrogens with zero attached hydrogens (tertiary/aromatic N) is 3. The lowest BCUT2D eigenvalue weighted by molar-refractivity contribution is -0.401. The standard InChI is InChI=1S/C17H13N5O8/c23-17(24)13(5-9-8-18-12-4-2-1-3-11(9)12)19-16-14(21(27)28)6-10(20(25)26)7-15(16)22(29)30/h1-4,6-8,13,18-19H,5H2,(H,23,24)/t13-/m0/s1. The van der Waals surface area contributed by atoms with Crippen LogP contribution in [0.1, 0.15) is 5.56 Å². The Hall–Kier alpha value is -4.55. The quantitative estimate of drug-likeness (QED) is 0.366. The molecule has 1 atom stereocenters. The Balaban J connectivity index is 2.06. The third-order valence-corrected chi connectivity index (χ3v) is 4.40. The second kappa shape index (κ2) is 7.83. The number of carboxylic acids is 1. The van der Waals surface area contributed by atoms with Gasteiger partial charge in [-0.1, -0.05) is 18.2 Å². The molecule has 3 N–H and O–H groups in total. The van der Waals surface area contributed by atoms with Crippen LogP contribution in [-0.2, 0) is 11.2 Å². The minimum atomic E-state index is -1.48. The predicted octanol–water partition coefficient (Wildman–Crippen LogP) is 3.00. The molecule has 0 saturated carbocycles. The number of anilines is 1. The maximum absolute atomic E-state index is 11.8. The Bertz CT molecular complexity index is 1150. The number of fused-ring (bicyclic) bond motifs is 1. The number of nitrogens with one attached hydrogen (secondary N) is 2. The molecule has 1 heterocycles. The molecule has 0 spiro atoms. The van der Waals surface area contributed by atoms with E-state index in [0.717, 1.165) is 10.9 Å². The molecule has 0 aliphatic carbocycles. The number of carboxylic acid groups (broad SMARTS) is 1. The highest BCUT2D eigenvalue weighted by atomic mass is 16.6.